The van der Waals surface area contributed by atoms with Crippen LogP contribution in [0.1, 0.15) is 206 Å². The summed E-state index contributed by atoms with van der Waals surface area (Å²) >= 11 is 0. The molecule has 5 aromatic carbocycles. The van der Waals surface area contributed by atoms with Gasteiger partial charge in [0.15, 0.2) is 0 Å². The van der Waals surface area contributed by atoms with Gasteiger partial charge in [0.25, 0.3) is 0 Å². The van der Waals surface area contributed by atoms with Gasteiger partial charge in [-0.25, -0.2) is 0 Å². The first kappa shape index (κ1) is 59.9. The molecule has 0 spiro atoms. The molecule has 0 radical (unpaired) electrons. The minimum Gasteiger partial charge on any atom is -0.508 e. The van der Waals surface area contributed by atoms with Crippen molar-refractivity contribution in [2.75, 3.05) is 21.3 Å². The average molecular weight is 971 g/mol. The van der Waals surface area contributed by atoms with E-state index in [1.807, 2.05) is 18.2 Å². The number of ether oxygens (including phenoxy) is 5. The molecule has 0 aliphatic heterocycles. The lowest BCUT2D eigenvalue weighted by Crippen LogP contribution is -2.18. The molecule has 0 bridgehead atoms. The number of benzene rings is 5. The Morgan fingerprint density at radius 2 is 0.718 bits per heavy atom. The van der Waals surface area contributed by atoms with Crippen molar-refractivity contribution >= 4 is 6.08 Å². The van der Waals surface area contributed by atoms with Gasteiger partial charge in [-0.3, -0.25) is 0 Å². The summed E-state index contributed by atoms with van der Waals surface area (Å²) in [5, 5.41) is 10.2. The summed E-state index contributed by atoms with van der Waals surface area (Å²) in [5.74, 6) is 5.52. The lowest BCUT2D eigenvalue weighted by Gasteiger charge is -2.28. The number of phenols is 1. The van der Waals surface area contributed by atoms with Crippen molar-refractivity contribution in [2.45, 2.75) is 197 Å². The Balaban J connectivity index is 0.000000290. The van der Waals surface area contributed by atoms with Gasteiger partial charge in [0.05, 0.1) is 21.3 Å². The maximum atomic E-state index is 10.2. The highest BCUT2D eigenvalue weighted by Gasteiger charge is 2.29. The fourth-order valence-corrected chi connectivity index (χ4v) is 8.22. The first-order valence-electron chi connectivity index (χ1n) is 25.5. The largest absolute Gasteiger partial charge is 0.508 e. The van der Waals surface area contributed by atoms with E-state index < -0.39 is 0 Å². The summed E-state index contributed by atoms with van der Waals surface area (Å²) in [6.45, 7) is 48.4. The maximum absolute atomic E-state index is 10.2. The van der Waals surface area contributed by atoms with Crippen molar-refractivity contribution < 1.29 is 28.8 Å². The SMILES string of the molecule is C=Cc1ccc(COc2cc(C(C)(C)C)c(OC)cc2C(C)(C)C)cc1.CCC(C)c1ccc(COc2cc(C(C)(C)C)c(OC)cc2C(C)(C)C)cc1.COc1cc(C(C)(C)C)c(O)cc1C(C)(C)C. The summed E-state index contributed by atoms with van der Waals surface area (Å²) < 4.78 is 29.5. The van der Waals surface area contributed by atoms with Crippen LogP contribution in [0.25, 0.3) is 6.08 Å². The van der Waals surface area contributed by atoms with E-state index in [9.17, 15) is 5.11 Å². The maximum Gasteiger partial charge on any atom is 0.124 e. The van der Waals surface area contributed by atoms with Gasteiger partial charge < -0.3 is 28.8 Å². The molecule has 0 fully saturated rings. The Morgan fingerprint density at radius 3 is 1.01 bits per heavy atom. The van der Waals surface area contributed by atoms with E-state index in [1.54, 1.807) is 21.3 Å². The van der Waals surface area contributed by atoms with Gasteiger partial charge in [-0.15, -0.1) is 0 Å². The van der Waals surface area contributed by atoms with Crippen molar-refractivity contribution in [3.05, 3.63) is 147 Å². The minimum absolute atomic E-state index is 0.0161. The van der Waals surface area contributed by atoms with Gasteiger partial charge in [0.1, 0.15) is 47.7 Å². The molecule has 0 saturated carbocycles. The van der Waals surface area contributed by atoms with E-state index in [1.165, 1.54) is 22.3 Å². The van der Waals surface area contributed by atoms with Crippen LogP contribution in [0, 0.1) is 0 Å². The van der Waals surface area contributed by atoms with Crippen molar-refractivity contribution in [2.24, 2.45) is 0 Å². The molecule has 1 atom stereocenters. The van der Waals surface area contributed by atoms with Crippen LogP contribution in [0.5, 0.6) is 34.5 Å². The van der Waals surface area contributed by atoms with Crippen LogP contribution in [-0.4, -0.2) is 26.4 Å². The monoisotopic (exact) mass is 971 g/mol. The summed E-state index contributed by atoms with van der Waals surface area (Å²) in [5.41, 5.74) is 11.2. The van der Waals surface area contributed by atoms with Gasteiger partial charge in [-0.1, -0.05) is 200 Å². The second kappa shape index (κ2) is 23.9. The lowest BCUT2D eigenvalue weighted by molar-refractivity contribution is 0.294. The molecule has 0 saturated heterocycles. The van der Waals surface area contributed by atoms with Gasteiger partial charge in [-0.2, -0.15) is 0 Å². The smallest absolute Gasteiger partial charge is 0.124 e. The second-order valence-electron chi connectivity index (χ2n) is 25.2. The van der Waals surface area contributed by atoms with Crippen molar-refractivity contribution in [3.8, 4) is 34.5 Å². The zero-order valence-electron chi connectivity index (χ0n) is 48.6. The molecular weight excluding hydrogens is 877 g/mol. The molecule has 6 heteroatoms. The zero-order valence-corrected chi connectivity index (χ0v) is 48.6. The third kappa shape index (κ3) is 16.9. The Hall–Kier alpha value is -5.36. The minimum atomic E-state index is -0.0895. The third-order valence-corrected chi connectivity index (χ3v) is 12.9. The predicted molar refractivity (Wildman–Crippen MR) is 303 cm³/mol. The Kier molecular flexibility index (Phi) is 20.2. The van der Waals surface area contributed by atoms with Crippen molar-refractivity contribution in [3.63, 3.8) is 0 Å². The number of aromatic hydroxyl groups is 1. The lowest BCUT2D eigenvalue weighted by atomic mass is 9.81. The van der Waals surface area contributed by atoms with E-state index in [2.05, 4.69) is 218 Å². The molecular formula is C65H94O6. The molecule has 0 aliphatic carbocycles. The number of hydrogen-bond acceptors (Lipinski definition) is 6. The first-order chi connectivity index (χ1) is 32.6. The van der Waals surface area contributed by atoms with E-state index in [0.29, 0.717) is 24.9 Å². The molecule has 5 aromatic rings. The summed E-state index contributed by atoms with van der Waals surface area (Å²) in [4.78, 5) is 0. The highest BCUT2D eigenvalue weighted by atomic mass is 16.5. The molecule has 0 heterocycles. The molecule has 0 aliphatic rings. The van der Waals surface area contributed by atoms with E-state index in [0.717, 1.165) is 68.5 Å². The molecule has 0 amide bonds. The number of rotatable bonds is 12. The average Bonchev–Trinajstić information content (AvgIpc) is 3.28. The Morgan fingerprint density at radius 1 is 0.437 bits per heavy atom. The summed E-state index contributed by atoms with van der Waals surface area (Å²) in [7, 11) is 5.16. The van der Waals surface area contributed by atoms with Crippen LogP contribution in [0.3, 0.4) is 0 Å². The Labute approximate surface area is 432 Å². The molecule has 5 rings (SSSR count). The van der Waals surface area contributed by atoms with E-state index in [-0.39, 0.29) is 32.5 Å². The fourth-order valence-electron chi connectivity index (χ4n) is 8.22. The standard InChI is InChI=1S/C26H38O2.C24H32O2.C15H24O2/c1-10-18(2)20-13-11-19(12-14-20)17-28-24-16-21(25(3,4)5)23(27-9)15-22(24)26(6,7)8;1-9-17-10-12-18(13-11-17)16-26-22-15-19(23(2,3)4)21(25-8)14-20(22)24(5,6)7;1-14(2,3)10-9-13(17-7)11(8-12(10)16)15(4,5)6/h11-16,18H,10,17H2,1-9H3;9-15H,1,16H2,2-8H3;8-9,16H,1-7H3. The van der Waals surface area contributed by atoms with Crippen LogP contribution < -0.4 is 23.7 Å². The van der Waals surface area contributed by atoms with Gasteiger partial charge in [0, 0.05) is 33.4 Å². The molecule has 1 unspecified atom stereocenters. The first-order valence-corrected chi connectivity index (χ1v) is 25.5. The number of hydrogen-bond donors (Lipinski definition) is 1. The van der Waals surface area contributed by atoms with Crippen LogP contribution in [0.15, 0.2) is 91.5 Å². The van der Waals surface area contributed by atoms with Gasteiger partial charge >= 0.3 is 0 Å². The highest BCUT2D eigenvalue weighted by molar-refractivity contribution is 5.54. The summed E-state index contributed by atoms with van der Waals surface area (Å²) in [6.07, 6.45) is 3.01. The predicted octanol–water partition coefficient (Wildman–Crippen LogP) is 17.9. The van der Waals surface area contributed by atoms with Gasteiger partial charge in [-0.05, 0) is 103 Å². The molecule has 390 valence electrons. The fraction of sp³-hybridized carbons (Fsp3) is 0.508. The highest BCUT2D eigenvalue weighted by Crippen LogP contribution is 2.44. The van der Waals surface area contributed by atoms with Crippen LogP contribution in [0.2, 0.25) is 0 Å². The van der Waals surface area contributed by atoms with Crippen LogP contribution in [-0.2, 0) is 45.7 Å². The van der Waals surface area contributed by atoms with Crippen LogP contribution >= 0.6 is 0 Å². The zero-order chi connectivity index (χ0) is 54.1. The number of methoxy groups -OCH3 is 3. The van der Waals surface area contributed by atoms with Gasteiger partial charge in [0.2, 0.25) is 0 Å². The van der Waals surface area contributed by atoms with E-state index in [4.69, 9.17) is 23.7 Å². The Bertz CT molecular complexity index is 2480. The van der Waals surface area contributed by atoms with Crippen molar-refractivity contribution in [1.29, 1.82) is 0 Å². The van der Waals surface area contributed by atoms with E-state index >= 15 is 0 Å². The molecule has 6 nitrogen and oxygen atoms in total. The third-order valence-electron chi connectivity index (χ3n) is 12.9. The molecule has 0 aromatic heterocycles. The second-order valence-corrected chi connectivity index (χ2v) is 25.2. The van der Waals surface area contributed by atoms with Crippen LogP contribution in [0.4, 0.5) is 0 Å². The summed E-state index contributed by atoms with van der Waals surface area (Å²) in [6, 6.07) is 29.5. The topological polar surface area (TPSA) is 66.4 Å². The molecule has 71 heavy (non-hydrogen) atoms. The normalized spacial score (nSPS) is 12.7. The number of phenolic OH excluding ortho intramolecular Hbond substituents is 1. The van der Waals surface area contributed by atoms with Crippen molar-refractivity contribution in [1.82, 2.24) is 0 Å². The molecule has 1 N–H and O–H groups in total. The quantitative estimate of drug-likeness (QED) is 0.134.